The molecule has 2 aliphatic carbocycles. The first-order chi connectivity index (χ1) is 45.1. The number of hydrogen-bond acceptors (Lipinski definition) is 2. The molecular weight excluding hydrogens is 1110 g/mol. The first-order valence-electron chi connectivity index (χ1n) is 32.3. The third-order valence-corrected chi connectivity index (χ3v) is 20.6. The van der Waals surface area contributed by atoms with Crippen LogP contribution in [-0.2, 0) is 10.8 Å². The summed E-state index contributed by atoms with van der Waals surface area (Å²) in [5.74, 6) is 0. The zero-order chi connectivity index (χ0) is 61.4. The molecule has 16 aromatic carbocycles. The van der Waals surface area contributed by atoms with Crippen LogP contribution < -0.4 is 9.80 Å². The van der Waals surface area contributed by atoms with Crippen LogP contribution in [0, 0.1) is 0 Å². The highest BCUT2D eigenvalue weighted by atomic mass is 15.2. The Morgan fingerprint density at radius 2 is 0.543 bits per heavy atom. The second kappa shape index (κ2) is 20.6. The van der Waals surface area contributed by atoms with Gasteiger partial charge in [0, 0.05) is 43.7 Å². The number of nitrogens with zero attached hydrogens (tertiary/aromatic N) is 2. The zero-order valence-corrected chi connectivity index (χ0v) is 51.9. The maximum absolute atomic E-state index is 2.48. The van der Waals surface area contributed by atoms with Gasteiger partial charge >= 0.3 is 0 Å². The highest BCUT2D eigenvalue weighted by Gasteiger charge is 2.38. The van der Waals surface area contributed by atoms with Gasteiger partial charge in [-0.1, -0.05) is 295 Å². The molecule has 0 heterocycles. The summed E-state index contributed by atoms with van der Waals surface area (Å²) in [5, 5.41) is 17.5. The SMILES string of the molecule is CC1(C)c2cc(/C=C/c3ccc4ccc5c(/C=C/c6ccc7c(c6)C(C)(C)c6cc(N(c8cccc9ccccc89)c8cccc9ccccc89)ccc6-7)ccc6ccc3c4c65)ccc2-c2ccc(N(c3cccc4ccccc34)c3cccc4ccccc34)cc21. The minimum atomic E-state index is -0.234. The molecule has 0 amide bonds. The molecule has 0 atom stereocenters. The van der Waals surface area contributed by atoms with E-state index < -0.39 is 0 Å². The van der Waals surface area contributed by atoms with E-state index in [9.17, 15) is 0 Å². The average Bonchev–Trinajstić information content (AvgIpc) is 1.48. The van der Waals surface area contributed by atoms with Crippen LogP contribution in [0.2, 0.25) is 0 Å². The zero-order valence-electron chi connectivity index (χ0n) is 51.9. The highest BCUT2D eigenvalue weighted by Crippen LogP contribution is 2.54. The van der Waals surface area contributed by atoms with Gasteiger partial charge in [0.25, 0.3) is 0 Å². The Balaban J connectivity index is 0.650. The lowest BCUT2D eigenvalue weighted by Crippen LogP contribution is -2.17. The molecule has 2 aliphatic rings. The van der Waals surface area contributed by atoms with E-state index in [0.29, 0.717) is 0 Å². The van der Waals surface area contributed by atoms with Crippen molar-refractivity contribution in [3.05, 3.63) is 336 Å². The topological polar surface area (TPSA) is 6.48 Å². The Hall–Kier alpha value is -11.3. The standard InChI is InChI=1S/C90H64N2/c1-89(2)79-53-57(35-47-75(79)77-51-45-67(55-81(77)89)91(83-29-13-21-59-17-5-9-25-69(59)83)84-30-14-22-60-18-6-10-26-70(60)84)33-37-63-39-41-65-44-50-74-64(40-42-66-43-49-73(63)87(65)88(66)74)38-34-58-36-48-76-78-52-46-68(56-82(78)90(3,4)80(76)54-58)92(85-31-15-23-61-19-7-11-27-71(61)85)86-32-16-24-62-20-8-12-28-72(62)86/h5-56H,1-4H3/b37-33+,38-34+. The minimum Gasteiger partial charge on any atom is -0.309 e. The number of hydrogen-bond donors (Lipinski definition) is 0. The molecule has 0 saturated heterocycles. The summed E-state index contributed by atoms with van der Waals surface area (Å²) in [4.78, 5) is 4.95. The number of fused-ring (bicyclic) bond motifs is 10. The van der Waals surface area contributed by atoms with Crippen LogP contribution in [-0.4, -0.2) is 0 Å². The summed E-state index contributed by atoms with van der Waals surface area (Å²) in [7, 11) is 0. The van der Waals surface area contributed by atoms with E-state index in [0.717, 1.165) is 11.4 Å². The van der Waals surface area contributed by atoms with Crippen molar-refractivity contribution in [2.75, 3.05) is 9.80 Å². The molecule has 434 valence electrons. The van der Waals surface area contributed by atoms with Crippen molar-refractivity contribution >= 4 is 134 Å². The number of anilines is 6. The van der Waals surface area contributed by atoms with Crippen LogP contribution in [0.1, 0.15) is 72.2 Å². The van der Waals surface area contributed by atoms with Crippen molar-refractivity contribution in [2.45, 2.75) is 38.5 Å². The molecule has 0 saturated carbocycles. The van der Waals surface area contributed by atoms with Crippen LogP contribution in [0.15, 0.2) is 291 Å². The lowest BCUT2D eigenvalue weighted by atomic mass is 9.81. The Morgan fingerprint density at radius 3 is 0.902 bits per heavy atom. The van der Waals surface area contributed by atoms with Crippen LogP contribution in [0.4, 0.5) is 34.1 Å². The molecule has 16 aromatic rings. The molecule has 0 aliphatic heterocycles. The van der Waals surface area contributed by atoms with Crippen LogP contribution in [0.3, 0.4) is 0 Å². The summed E-state index contributed by atoms with van der Waals surface area (Å²) >= 11 is 0. The predicted molar refractivity (Wildman–Crippen MR) is 395 cm³/mol. The minimum absolute atomic E-state index is 0.234. The molecular formula is C90H64N2. The van der Waals surface area contributed by atoms with Crippen molar-refractivity contribution in [1.29, 1.82) is 0 Å². The molecule has 0 radical (unpaired) electrons. The Kier molecular flexibility index (Phi) is 12.0. The van der Waals surface area contributed by atoms with Crippen molar-refractivity contribution in [1.82, 2.24) is 0 Å². The average molecular weight is 1170 g/mol. The van der Waals surface area contributed by atoms with Crippen LogP contribution >= 0.6 is 0 Å². The fourth-order valence-corrected chi connectivity index (χ4v) is 15.9. The van der Waals surface area contributed by atoms with Gasteiger partial charge in [0.1, 0.15) is 0 Å². The summed E-state index contributed by atoms with van der Waals surface area (Å²) < 4.78 is 0. The van der Waals surface area contributed by atoms with Crippen molar-refractivity contribution in [3.8, 4) is 22.3 Å². The van der Waals surface area contributed by atoms with E-state index in [2.05, 4.69) is 353 Å². The second-order valence-corrected chi connectivity index (χ2v) is 26.4. The lowest BCUT2D eigenvalue weighted by molar-refractivity contribution is 0.660. The Bertz CT molecular complexity index is 5260. The van der Waals surface area contributed by atoms with Gasteiger partial charge in [0.2, 0.25) is 0 Å². The van der Waals surface area contributed by atoms with E-state index >= 15 is 0 Å². The predicted octanol–water partition coefficient (Wildman–Crippen LogP) is 25.1. The maximum atomic E-state index is 2.48. The molecule has 0 bridgehead atoms. The molecule has 0 N–H and O–H groups in total. The Labute approximate surface area is 536 Å². The monoisotopic (exact) mass is 1170 g/mol. The van der Waals surface area contributed by atoms with Gasteiger partial charge < -0.3 is 9.80 Å². The molecule has 2 heteroatoms. The fourth-order valence-electron chi connectivity index (χ4n) is 15.9. The quantitative estimate of drug-likeness (QED) is 0.0995. The summed E-state index contributed by atoms with van der Waals surface area (Å²) in [6.07, 6.45) is 9.29. The number of rotatable bonds is 10. The van der Waals surface area contributed by atoms with Crippen molar-refractivity contribution < 1.29 is 0 Å². The van der Waals surface area contributed by atoms with Gasteiger partial charge in [-0.05, 0) is 169 Å². The first kappa shape index (κ1) is 53.7. The molecule has 92 heavy (non-hydrogen) atoms. The Morgan fingerprint density at radius 1 is 0.239 bits per heavy atom. The lowest BCUT2D eigenvalue weighted by Gasteiger charge is -2.30. The molecule has 0 fully saturated rings. The number of benzene rings is 16. The summed E-state index contributed by atoms with van der Waals surface area (Å²) in [5.41, 5.74) is 21.9. The van der Waals surface area contributed by atoms with Crippen molar-refractivity contribution in [2.24, 2.45) is 0 Å². The van der Waals surface area contributed by atoms with Crippen LogP contribution in [0.25, 0.3) is 122 Å². The van der Waals surface area contributed by atoms with E-state index in [4.69, 9.17) is 0 Å². The van der Waals surface area contributed by atoms with E-state index in [1.807, 2.05) is 0 Å². The van der Waals surface area contributed by atoms with E-state index in [1.165, 1.54) is 165 Å². The third-order valence-electron chi connectivity index (χ3n) is 20.6. The van der Waals surface area contributed by atoms with Gasteiger partial charge in [-0.15, -0.1) is 0 Å². The molecule has 0 spiro atoms. The molecule has 2 nitrogen and oxygen atoms in total. The molecule has 0 aromatic heterocycles. The summed E-state index contributed by atoms with van der Waals surface area (Å²) in [6, 6.07) is 109. The van der Waals surface area contributed by atoms with Gasteiger partial charge in [-0.2, -0.15) is 0 Å². The van der Waals surface area contributed by atoms with Crippen LogP contribution in [0.5, 0.6) is 0 Å². The first-order valence-corrected chi connectivity index (χ1v) is 32.3. The van der Waals surface area contributed by atoms with Gasteiger partial charge in [-0.25, -0.2) is 0 Å². The normalized spacial score (nSPS) is 13.7. The maximum Gasteiger partial charge on any atom is 0.0540 e. The highest BCUT2D eigenvalue weighted by molar-refractivity contribution is 6.26. The van der Waals surface area contributed by atoms with Crippen molar-refractivity contribution in [3.63, 3.8) is 0 Å². The van der Waals surface area contributed by atoms with E-state index in [-0.39, 0.29) is 10.8 Å². The third kappa shape index (κ3) is 8.33. The molecule has 18 rings (SSSR count). The molecule has 0 unspecified atom stereocenters. The summed E-state index contributed by atoms with van der Waals surface area (Å²) in [6.45, 7) is 9.59. The second-order valence-electron chi connectivity index (χ2n) is 26.4. The van der Waals surface area contributed by atoms with Gasteiger partial charge in [0.05, 0.1) is 22.7 Å². The van der Waals surface area contributed by atoms with Gasteiger partial charge in [0.15, 0.2) is 0 Å². The smallest absolute Gasteiger partial charge is 0.0540 e. The van der Waals surface area contributed by atoms with Gasteiger partial charge in [-0.3, -0.25) is 0 Å². The fraction of sp³-hybridized carbons (Fsp3) is 0.0667. The van der Waals surface area contributed by atoms with E-state index in [1.54, 1.807) is 0 Å². The largest absolute Gasteiger partial charge is 0.309 e.